The number of carbonyl (C=O) groups is 1. The van der Waals surface area contributed by atoms with Crippen molar-refractivity contribution >= 4 is 21.6 Å². The Balaban J connectivity index is 1.71. The number of piperidine rings is 1. The molecular weight excluding hydrogens is 386 g/mol. The van der Waals surface area contributed by atoms with E-state index >= 15 is 0 Å². The summed E-state index contributed by atoms with van der Waals surface area (Å²) in [7, 11) is -3.55. The summed E-state index contributed by atoms with van der Waals surface area (Å²) in [6, 6.07) is 5.51. The number of amides is 1. The van der Waals surface area contributed by atoms with Crippen molar-refractivity contribution in [2.75, 3.05) is 31.5 Å². The van der Waals surface area contributed by atoms with E-state index in [0.717, 1.165) is 24.4 Å². The van der Waals surface area contributed by atoms with Crippen LogP contribution >= 0.6 is 0 Å². The van der Waals surface area contributed by atoms with E-state index in [4.69, 9.17) is 0 Å². The average molecular weight is 422 g/mol. The van der Waals surface area contributed by atoms with E-state index in [-0.39, 0.29) is 10.8 Å². The van der Waals surface area contributed by atoms with Gasteiger partial charge in [-0.3, -0.25) is 9.69 Å². The van der Waals surface area contributed by atoms with Crippen molar-refractivity contribution in [2.24, 2.45) is 5.92 Å². The van der Waals surface area contributed by atoms with Gasteiger partial charge in [0.15, 0.2) is 0 Å². The van der Waals surface area contributed by atoms with Crippen molar-refractivity contribution in [3.05, 3.63) is 23.8 Å². The molecule has 0 unspecified atom stereocenters. The normalized spacial score (nSPS) is 23.0. The predicted octanol–water partition coefficient (Wildman–Crippen LogP) is 3.62. The molecule has 1 aromatic rings. The van der Waals surface area contributed by atoms with Crippen LogP contribution in [-0.4, -0.2) is 55.8 Å². The molecule has 2 fully saturated rings. The number of nitrogens with one attached hydrogen (secondary N) is 1. The number of nitrogens with zero attached hydrogens (tertiary/aromatic N) is 2. The second-order valence-corrected chi connectivity index (χ2v) is 10.3. The fraction of sp³-hybridized carbons (Fsp3) is 0.682. The fourth-order valence-electron chi connectivity index (χ4n) is 4.91. The number of rotatable bonds is 7. The molecule has 2 atom stereocenters. The highest BCUT2D eigenvalue weighted by Gasteiger charge is 2.34. The summed E-state index contributed by atoms with van der Waals surface area (Å²) in [4.78, 5) is 15.4. The van der Waals surface area contributed by atoms with Gasteiger partial charge in [0.25, 0.3) is 0 Å². The van der Waals surface area contributed by atoms with E-state index in [2.05, 4.69) is 10.2 Å². The van der Waals surface area contributed by atoms with Gasteiger partial charge in [-0.1, -0.05) is 32.8 Å². The van der Waals surface area contributed by atoms with Gasteiger partial charge in [-0.15, -0.1) is 0 Å². The summed E-state index contributed by atoms with van der Waals surface area (Å²) < 4.78 is 27.1. The number of hydrogen-bond donors (Lipinski definition) is 1. The largest absolute Gasteiger partial charge is 0.325 e. The molecule has 29 heavy (non-hydrogen) atoms. The number of aryl methyl sites for hydroxylation is 1. The van der Waals surface area contributed by atoms with Gasteiger partial charge in [0, 0.05) is 24.8 Å². The van der Waals surface area contributed by atoms with E-state index in [1.54, 1.807) is 18.2 Å². The summed E-state index contributed by atoms with van der Waals surface area (Å²) in [5, 5.41) is 2.98. The first-order chi connectivity index (χ1) is 13.9. The number of sulfonamides is 1. The zero-order valence-corrected chi connectivity index (χ0v) is 18.8. The maximum atomic E-state index is 12.8. The minimum absolute atomic E-state index is 0.0586. The summed E-state index contributed by atoms with van der Waals surface area (Å²) in [5.41, 5.74) is 1.45. The van der Waals surface area contributed by atoms with E-state index in [9.17, 15) is 13.2 Å². The van der Waals surface area contributed by atoms with Crippen molar-refractivity contribution in [3.8, 4) is 0 Å². The molecule has 162 valence electrons. The van der Waals surface area contributed by atoms with Crippen molar-refractivity contribution in [1.82, 2.24) is 9.21 Å². The smallest absolute Gasteiger partial charge is 0.243 e. The Kier molecular flexibility index (Phi) is 7.35. The number of hydrogen-bond acceptors (Lipinski definition) is 4. The van der Waals surface area contributed by atoms with Crippen molar-refractivity contribution in [3.63, 3.8) is 0 Å². The van der Waals surface area contributed by atoms with Gasteiger partial charge in [0.05, 0.1) is 11.4 Å². The molecular formula is C22H35N3O3S. The highest BCUT2D eigenvalue weighted by molar-refractivity contribution is 7.89. The van der Waals surface area contributed by atoms with E-state index in [0.29, 0.717) is 31.4 Å². The lowest BCUT2D eigenvalue weighted by atomic mass is 9.78. The molecule has 1 aliphatic heterocycles. The lowest BCUT2D eigenvalue weighted by molar-refractivity contribution is -0.118. The van der Waals surface area contributed by atoms with Crippen LogP contribution in [0.15, 0.2) is 23.1 Å². The van der Waals surface area contributed by atoms with E-state index in [1.807, 2.05) is 20.8 Å². The maximum absolute atomic E-state index is 12.8. The molecule has 0 aromatic heterocycles. The molecule has 1 N–H and O–H groups in total. The Morgan fingerprint density at radius 2 is 1.83 bits per heavy atom. The van der Waals surface area contributed by atoms with Crippen LogP contribution in [0.5, 0.6) is 0 Å². The van der Waals surface area contributed by atoms with Crippen molar-refractivity contribution in [1.29, 1.82) is 0 Å². The molecule has 7 heteroatoms. The Morgan fingerprint density at radius 1 is 1.14 bits per heavy atom. The molecule has 1 aromatic carbocycles. The molecule has 2 aliphatic rings. The van der Waals surface area contributed by atoms with Gasteiger partial charge in [-0.05, 0) is 62.8 Å². The number of likely N-dealkylation sites (tertiary alicyclic amines) is 1. The topological polar surface area (TPSA) is 69.7 Å². The summed E-state index contributed by atoms with van der Waals surface area (Å²) in [6.45, 7) is 7.75. The Morgan fingerprint density at radius 3 is 2.55 bits per heavy atom. The molecule has 1 amide bonds. The third-order valence-electron chi connectivity index (χ3n) is 6.53. The van der Waals surface area contributed by atoms with Crippen LogP contribution in [0.25, 0.3) is 0 Å². The number of fused-ring (bicyclic) bond motifs is 1. The van der Waals surface area contributed by atoms with Gasteiger partial charge in [0.2, 0.25) is 15.9 Å². The molecule has 1 heterocycles. The fourth-order valence-corrected chi connectivity index (χ4v) is 6.39. The third-order valence-corrected chi connectivity index (χ3v) is 8.58. The monoisotopic (exact) mass is 421 g/mol. The summed E-state index contributed by atoms with van der Waals surface area (Å²) in [5.74, 6) is 0.672. The lowest BCUT2D eigenvalue weighted by Crippen LogP contribution is -2.49. The minimum atomic E-state index is -3.55. The van der Waals surface area contributed by atoms with Crippen LogP contribution in [0.1, 0.15) is 57.9 Å². The molecule has 1 saturated carbocycles. The second kappa shape index (κ2) is 9.58. The molecule has 3 rings (SSSR count). The molecule has 1 saturated heterocycles. The van der Waals surface area contributed by atoms with E-state index in [1.165, 1.54) is 36.4 Å². The quantitative estimate of drug-likeness (QED) is 0.730. The molecule has 0 spiro atoms. The van der Waals surface area contributed by atoms with Crippen LogP contribution < -0.4 is 5.32 Å². The van der Waals surface area contributed by atoms with Crippen molar-refractivity contribution < 1.29 is 13.2 Å². The summed E-state index contributed by atoms with van der Waals surface area (Å²) >= 11 is 0. The Bertz CT molecular complexity index is 819. The van der Waals surface area contributed by atoms with Crippen LogP contribution in [0.4, 0.5) is 5.69 Å². The van der Waals surface area contributed by atoms with Gasteiger partial charge >= 0.3 is 0 Å². The zero-order chi connectivity index (χ0) is 21.0. The molecule has 6 nitrogen and oxygen atoms in total. The number of benzene rings is 1. The maximum Gasteiger partial charge on any atom is 0.243 e. The zero-order valence-electron chi connectivity index (χ0n) is 18.0. The highest BCUT2D eigenvalue weighted by Crippen LogP contribution is 2.35. The SMILES string of the molecule is CCN(CC)S(=O)(=O)c1ccc(C)c(NC(=O)CN2CCC[C@@H]3CCCC[C@@H]32)c1. The number of anilines is 1. The number of carbonyl (C=O) groups excluding carboxylic acids is 1. The molecule has 0 radical (unpaired) electrons. The first-order valence-electron chi connectivity index (χ1n) is 11.0. The first kappa shape index (κ1) is 22.2. The standard InChI is InChI=1S/C22H35N3O3S/c1-4-25(5-2)29(27,28)19-13-12-17(3)20(15-19)23-22(26)16-24-14-8-10-18-9-6-7-11-21(18)24/h12-13,15,18,21H,4-11,14,16H2,1-3H3,(H,23,26)/t18-,21-/m0/s1. The van der Waals surface area contributed by atoms with Gasteiger partial charge in [0.1, 0.15) is 0 Å². The Labute approximate surface area is 175 Å². The van der Waals surface area contributed by atoms with Crippen LogP contribution in [0.3, 0.4) is 0 Å². The molecule has 0 bridgehead atoms. The van der Waals surface area contributed by atoms with Gasteiger partial charge in [-0.2, -0.15) is 4.31 Å². The second-order valence-electron chi connectivity index (χ2n) is 8.34. The predicted molar refractivity (Wildman–Crippen MR) is 116 cm³/mol. The highest BCUT2D eigenvalue weighted by atomic mass is 32.2. The van der Waals surface area contributed by atoms with Crippen molar-refractivity contribution in [2.45, 2.75) is 70.2 Å². The van der Waals surface area contributed by atoms with Crippen LogP contribution in [0, 0.1) is 12.8 Å². The lowest BCUT2D eigenvalue weighted by Gasteiger charge is -2.43. The Hall–Kier alpha value is -1.44. The minimum Gasteiger partial charge on any atom is -0.325 e. The first-order valence-corrected chi connectivity index (χ1v) is 12.5. The van der Waals surface area contributed by atoms with Crippen LogP contribution in [-0.2, 0) is 14.8 Å². The summed E-state index contributed by atoms with van der Waals surface area (Å²) in [6.07, 6.45) is 7.48. The van der Waals surface area contributed by atoms with Gasteiger partial charge in [-0.25, -0.2) is 8.42 Å². The third kappa shape index (κ3) is 5.01. The average Bonchev–Trinajstić information content (AvgIpc) is 2.70. The molecule has 1 aliphatic carbocycles. The van der Waals surface area contributed by atoms with Crippen LogP contribution in [0.2, 0.25) is 0 Å². The van der Waals surface area contributed by atoms with Gasteiger partial charge < -0.3 is 5.32 Å². The van der Waals surface area contributed by atoms with E-state index < -0.39 is 10.0 Å².